The van der Waals surface area contributed by atoms with Crippen LogP contribution in [0.3, 0.4) is 0 Å². The third-order valence-corrected chi connectivity index (χ3v) is 3.92. The highest BCUT2D eigenvalue weighted by atomic mass is 79.9. The Morgan fingerprint density at radius 1 is 1.43 bits per heavy atom. The minimum absolute atomic E-state index is 0.330. The molecule has 116 valence electrons. The summed E-state index contributed by atoms with van der Waals surface area (Å²) < 4.78 is 7.87. The number of halogens is 1. The van der Waals surface area contributed by atoms with Crippen molar-refractivity contribution in [2.45, 2.75) is 44.8 Å². The fourth-order valence-corrected chi connectivity index (χ4v) is 2.63. The Labute approximate surface area is 132 Å². The van der Waals surface area contributed by atoms with E-state index in [2.05, 4.69) is 21.0 Å². The van der Waals surface area contributed by atoms with Crippen molar-refractivity contribution in [1.82, 2.24) is 14.7 Å². The van der Waals surface area contributed by atoms with Crippen LogP contribution in [0, 0.1) is 0 Å². The molecule has 0 aliphatic carbocycles. The highest BCUT2D eigenvalue weighted by Gasteiger charge is 2.39. The van der Waals surface area contributed by atoms with Gasteiger partial charge in [-0.2, -0.15) is 5.10 Å². The largest absolute Gasteiger partial charge is 0.444 e. The summed E-state index contributed by atoms with van der Waals surface area (Å²) in [6, 6.07) is 0. The number of aldehydes is 1. The van der Waals surface area contributed by atoms with E-state index >= 15 is 0 Å². The molecule has 1 fully saturated rings. The number of rotatable bonds is 2. The number of hydrogen-bond donors (Lipinski definition) is 0. The standard InChI is InChI=1S/C14H20BrN3O3/c1-13(2,3)21-12(20)17-6-4-14(10-19,5-7-17)18-9-11(15)8-16-18/h8-10H,4-7H2,1-3H3. The molecule has 21 heavy (non-hydrogen) atoms. The van der Waals surface area contributed by atoms with Gasteiger partial charge in [-0.1, -0.05) is 0 Å². The Bertz CT molecular complexity index is 528. The molecule has 1 saturated heterocycles. The van der Waals surface area contributed by atoms with Crippen LogP contribution in [0.25, 0.3) is 0 Å². The smallest absolute Gasteiger partial charge is 0.410 e. The zero-order valence-electron chi connectivity index (χ0n) is 12.5. The zero-order valence-corrected chi connectivity index (χ0v) is 14.1. The molecule has 0 radical (unpaired) electrons. The Morgan fingerprint density at radius 2 is 2.05 bits per heavy atom. The van der Waals surface area contributed by atoms with Crippen molar-refractivity contribution < 1.29 is 14.3 Å². The van der Waals surface area contributed by atoms with Gasteiger partial charge in [0.2, 0.25) is 0 Å². The molecule has 0 unspecified atom stereocenters. The molecule has 1 amide bonds. The summed E-state index contributed by atoms with van der Waals surface area (Å²) in [4.78, 5) is 25.3. The number of likely N-dealkylation sites (tertiary alicyclic amines) is 1. The number of ether oxygens (including phenoxy) is 1. The maximum Gasteiger partial charge on any atom is 0.410 e. The van der Waals surface area contributed by atoms with Crippen molar-refractivity contribution in [1.29, 1.82) is 0 Å². The quantitative estimate of drug-likeness (QED) is 0.763. The second kappa shape index (κ2) is 5.79. The molecule has 1 aromatic rings. The SMILES string of the molecule is CC(C)(C)OC(=O)N1CCC(C=O)(n2cc(Br)cn2)CC1. The van der Waals surface area contributed by atoms with E-state index in [4.69, 9.17) is 4.74 Å². The van der Waals surface area contributed by atoms with E-state index in [0.717, 1.165) is 10.8 Å². The van der Waals surface area contributed by atoms with Gasteiger partial charge in [-0.15, -0.1) is 0 Å². The first-order valence-electron chi connectivity index (χ1n) is 6.91. The van der Waals surface area contributed by atoms with Crippen LogP contribution in [0.2, 0.25) is 0 Å². The molecule has 0 spiro atoms. The van der Waals surface area contributed by atoms with Crippen molar-refractivity contribution in [3.63, 3.8) is 0 Å². The van der Waals surface area contributed by atoms with Crippen molar-refractivity contribution >= 4 is 28.3 Å². The van der Waals surface area contributed by atoms with Gasteiger partial charge in [0.25, 0.3) is 0 Å². The Kier molecular flexibility index (Phi) is 4.41. The van der Waals surface area contributed by atoms with Crippen LogP contribution in [0.15, 0.2) is 16.9 Å². The minimum Gasteiger partial charge on any atom is -0.444 e. The topological polar surface area (TPSA) is 64.4 Å². The second-order valence-corrected chi connectivity index (χ2v) is 7.21. The fourth-order valence-electron chi connectivity index (χ4n) is 2.35. The van der Waals surface area contributed by atoms with Gasteiger partial charge in [-0.3, -0.25) is 4.68 Å². The van der Waals surface area contributed by atoms with Crippen LogP contribution in [-0.2, 0) is 15.1 Å². The summed E-state index contributed by atoms with van der Waals surface area (Å²) in [5, 5.41) is 4.22. The van der Waals surface area contributed by atoms with Gasteiger partial charge in [-0.05, 0) is 49.5 Å². The van der Waals surface area contributed by atoms with E-state index in [1.54, 1.807) is 22.0 Å². The van der Waals surface area contributed by atoms with Gasteiger partial charge in [0.05, 0.1) is 10.7 Å². The van der Waals surface area contributed by atoms with Crippen LogP contribution in [0.5, 0.6) is 0 Å². The molecule has 1 aliphatic rings. The first kappa shape index (κ1) is 16.0. The van der Waals surface area contributed by atoms with E-state index < -0.39 is 11.1 Å². The first-order valence-corrected chi connectivity index (χ1v) is 7.70. The lowest BCUT2D eigenvalue weighted by Crippen LogP contribution is -2.50. The van der Waals surface area contributed by atoms with Crippen LogP contribution in [0.1, 0.15) is 33.6 Å². The molecular weight excluding hydrogens is 338 g/mol. The predicted molar refractivity (Wildman–Crippen MR) is 81.0 cm³/mol. The number of carbonyl (C=O) groups excluding carboxylic acids is 2. The van der Waals surface area contributed by atoms with Gasteiger partial charge in [0.1, 0.15) is 17.4 Å². The summed E-state index contributed by atoms with van der Waals surface area (Å²) in [5.41, 5.74) is -1.19. The van der Waals surface area contributed by atoms with Crippen LogP contribution in [0.4, 0.5) is 4.79 Å². The summed E-state index contributed by atoms with van der Waals surface area (Å²) in [5.74, 6) is 0. The molecule has 0 bridgehead atoms. The molecule has 1 aromatic heterocycles. The van der Waals surface area contributed by atoms with E-state index in [9.17, 15) is 9.59 Å². The molecule has 2 heterocycles. The van der Waals surface area contributed by atoms with Gasteiger partial charge >= 0.3 is 6.09 Å². The maximum atomic E-state index is 12.0. The van der Waals surface area contributed by atoms with E-state index in [0.29, 0.717) is 25.9 Å². The van der Waals surface area contributed by atoms with Gasteiger partial charge in [0, 0.05) is 19.3 Å². The van der Waals surface area contributed by atoms with E-state index in [1.165, 1.54) is 0 Å². The van der Waals surface area contributed by atoms with Crippen LogP contribution in [-0.4, -0.2) is 45.8 Å². The molecule has 0 saturated carbocycles. The number of aromatic nitrogens is 2. The van der Waals surface area contributed by atoms with Crippen molar-refractivity contribution in [2.75, 3.05) is 13.1 Å². The third-order valence-electron chi connectivity index (χ3n) is 3.51. The summed E-state index contributed by atoms with van der Waals surface area (Å²) in [6.45, 7) is 6.47. The Balaban J connectivity index is 2.04. The van der Waals surface area contributed by atoms with E-state index in [1.807, 2.05) is 20.8 Å². The number of nitrogens with zero attached hydrogens (tertiary/aromatic N) is 3. The summed E-state index contributed by atoms with van der Waals surface area (Å²) in [6.07, 6.45) is 5.11. The number of piperidine rings is 1. The Hall–Kier alpha value is -1.37. The number of amides is 1. The van der Waals surface area contributed by atoms with Crippen molar-refractivity contribution in [3.8, 4) is 0 Å². The summed E-state index contributed by atoms with van der Waals surface area (Å²) in [7, 11) is 0. The molecule has 0 atom stereocenters. The van der Waals surface area contributed by atoms with Crippen LogP contribution >= 0.6 is 15.9 Å². The average molecular weight is 358 g/mol. The molecule has 0 aromatic carbocycles. The Morgan fingerprint density at radius 3 is 2.48 bits per heavy atom. The lowest BCUT2D eigenvalue weighted by Gasteiger charge is -2.38. The lowest BCUT2D eigenvalue weighted by atomic mass is 9.89. The molecule has 1 aliphatic heterocycles. The maximum absolute atomic E-state index is 12.0. The fraction of sp³-hybridized carbons (Fsp3) is 0.643. The predicted octanol–water partition coefficient (Wildman–Crippen LogP) is 2.57. The number of carbonyl (C=O) groups is 2. The van der Waals surface area contributed by atoms with Gasteiger partial charge in [-0.25, -0.2) is 4.79 Å². The van der Waals surface area contributed by atoms with Gasteiger partial charge < -0.3 is 14.4 Å². The normalized spacial score (nSPS) is 18.4. The molecule has 6 nitrogen and oxygen atoms in total. The first-order chi connectivity index (χ1) is 9.76. The number of hydrogen-bond acceptors (Lipinski definition) is 4. The minimum atomic E-state index is -0.676. The lowest BCUT2D eigenvalue weighted by molar-refractivity contribution is -0.118. The highest BCUT2D eigenvalue weighted by Crippen LogP contribution is 2.29. The second-order valence-electron chi connectivity index (χ2n) is 6.29. The monoisotopic (exact) mass is 357 g/mol. The molecule has 0 N–H and O–H groups in total. The van der Waals surface area contributed by atoms with Crippen LogP contribution < -0.4 is 0 Å². The highest BCUT2D eigenvalue weighted by molar-refractivity contribution is 9.10. The van der Waals surface area contributed by atoms with Crippen molar-refractivity contribution in [2.24, 2.45) is 0 Å². The molecule has 7 heteroatoms. The summed E-state index contributed by atoms with van der Waals surface area (Å²) >= 11 is 3.34. The molecule has 2 rings (SSSR count). The van der Waals surface area contributed by atoms with Gasteiger partial charge in [0.15, 0.2) is 0 Å². The van der Waals surface area contributed by atoms with E-state index in [-0.39, 0.29) is 6.09 Å². The third kappa shape index (κ3) is 3.64. The zero-order chi connectivity index (χ0) is 15.7. The molecular formula is C14H20BrN3O3. The van der Waals surface area contributed by atoms with Crippen molar-refractivity contribution in [3.05, 3.63) is 16.9 Å². The average Bonchev–Trinajstić information content (AvgIpc) is 2.84.